The molecular weight excluding hydrogens is 222 g/mol. The van der Waals surface area contributed by atoms with Crippen molar-refractivity contribution in [1.82, 2.24) is 4.98 Å². The van der Waals surface area contributed by atoms with E-state index in [1.165, 1.54) is 19.3 Å². The summed E-state index contributed by atoms with van der Waals surface area (Å²) in [6, 6.07) is 7.99. The maximum atomic E-state index is 5.96. The van der Waals surface area contributed by atoms with Crippen LogP contribution in [0.2, 0.25) is 0 Å². The van der Waals surface area contributed by atoms with Crippen molar-refractivity contribution in [2.75, 3.05) is 17.6 Å². The Morgan fingerprint density at radius 1 is 1.33 bits per heavy atom. The van der Waals surface area contributed by atoms with Gasteiger partial charge < -0.3 is 11.1 Å². The molecule has 1 aliphatic carbocycles. The third-order valence-electron chi connectivity index (χ3n) is 4.16. The minimum atomic E-state index is 0.538. The van der Waals surface area contributed by atoms with Crippen LogP contribution >= 0.6 is 0 Å². The highest BCUT2D eigenvalue weighted by Crippen LogP contribution is 2.48. The summed E-state index contributed by atoms with van der Waals surface area (Å²) in [5, 5.41) is 4.69. The number of aromatic nitrogens is 1. The Hall–Kier alpha value is -1.77. The lowest BCUT2D eigenvalue weighted by molar-refractivity contribution is 0.522. The molecule has 0 saturated heterocycles. The lowest BCUT2D eigenvalue weighted by Gasteiger charge is -2.16. The van der Waals surface area contributed by atoms with Gasteiger partial charge in [0.15, 0.2) is 0 Å². The zero-order chi connectivity index (χ0) is 12.6. The molecule has 1 saturated carbocycles. The van der Waals surface area contributed by atoms with Crippen molar-refractivity contribution >= 4 is 22.3 Å². The van der Waals surface area contributed by atoms with Crippen molar-refractivity contribution in [2.45, 2.75) is 26.2 Å². The maximum Gasteiger partial charge on any atom is 0.0951 e. The van der Waals surface area contributed by atoms with E-state index in [0.717, 1.165) is 28.8 Å². The van der Waals surface area contributed by atoms with E-state index in [4.69, 9.17) is 5.73 Å². The molecule has 3 N–H and O–H groups in total. The van der Waals surface area contributed by atoms with Crippen LogP contribution in [0.5, 0.6) is 0 Å². The number of nitrogens with two attached hydrogens (primary N) is 1. The fraction of sp³-hybridized carbons (Fsp3) is 0.400. The Bertz CT molecular complexity index is 573. The Labute approximate surface area is 107 Å². The highest BCUT2D eigenvalue weighted by molar-refractivity contribution is 5.97. The molecule has 18 heavy (non-hydrogen) atoms. The highest BCUT2D eigenvalue weighted by atomic mass is 14.9. The van der Waals surface area contributed by atoms with Gasteiger partial charge in [-0.15, -0.1) is 0 Å². The molecule has 1 fully saturated rings. The van der Waals surface area contributed by atoms with Gasteiger partial charge >= 0.3 is 0 Å². The Morgan fingerprint density at radius 2 is 2.17 bits per heavy atom. The van der Waals surface area contributed by atoms with E-state index in [0.29, 0.717) is 5.41 Å². The lowest BCUT2D eigenvalue weighted by Crippen LogP contribution is -2.14. The van der Waals surface area contributed by atoms with E-state index in [-0.39, 0.29) is 0 Å². The summed E-state index contributed by atoms with van der Waals surface area (Å²) in [5.74, 6) is 0. The second-order valence-corrected chi connectivity index (χ2v) is 5.31. The van der Waals surface area contributed by atoms with Crippen molar-refractivity contribution in [2.24, 2.45) is 5.41 Å². The summed E-state index contributed by atoms with van der Waals surface area (Å²) < 4.78 is 0. The number of nitrogens with zero attached hydrogens (tertiary/aromatic N) is 1. The molecule has 0 atom stereocenters. The molecule has 0 radical (unpaired) electrons. The van der Waals surface area contributed by atoms with Gasteiger partial charge in [0.05, 0.1) is 11.2 Å². The number of fused-ring (bicyclic) bond motifs is 1. The molecule has 0 unspecified atom stereocenters. The molecule has 1 heterocycles. The molecule has 1 aromatic heterocycles. The zero-order valence-corrected chi connectivity index (χ0v) is 10.7. The molecule has 0 aliphatic heterocycles. The van der Waals surface area contributed by atoms with Gasteiger partial charge in [-0.05, 0) is 36.8 Å². The van der Waals surface area contributed by atoms with Crippen LogP contribution in [0.4, 0.5) is 11.4 Å². The molecule has 0 amide bonds. The summed E-state index contributed by atoms with van der Waals surface area (Å²) in [5.41, 5.74) is 9.27. The number of benzene rings is 1. The van der Waals surface area contributed by atoms with Crippen LogP contribution in [-0.2, 0) is 0 Å². The van der Waals surface area contributed by atoms with Crippen LogP contribution in [0.25, 0.3) is 10.9 Å². The second-order valence-electron chi connectivity index (χ2n) is 5.31. The fourth-order valence-corrected chi connectivity index (χ4v) is 2.47. The maximum absolute atomic E-state index is 5.96. The van der Waals surface area contributed by atoms with Crippen LogP contribution in [0.1, 0.15) is 26.2 Å². The standard InChI is InChI=1S/C15H19N3/c1-2-15(7-8-15)10-18-13-6-9-17-14-11(13)4-3-5-12(14)16/h3-6,9H,2,7-8,10,16H2,1H3,(H,17,18). The molecular formula is C15H19N3. The van der Waals surface area contributed by atoms with Gasteiger partial charge in [-0.3, -0.25) is 4.98 Å². The minimum Gasteiger partial charge on any atom is -0.397 e. The first kappa shape index (κ1) is 11.3. The Balaban J connectivity index is 1.90. The smallest absolute Gasteiger partial charge is 0.0951 e. The van der Waals surface area contributed by atoms with Gasteiger partial charge in [-0.1, -0.05) is 19.1 Å². The number of anilines is 2. The van der Waals surface area contributed by atoms with E-state index < -0.39 is 0 Å². The predicted molar refractivity (Wildman–Crippen MR) is 76.6 cm³/mol. The molecule has 3 heteroatoms. The fourth-order valence-electron chi connectivity index (χ4n) is 2.47. The van der Waals surface area contributed by atoms with Gasteiger partial charge in [-0.25, -0.2) is 0 Å². The third-order valence-corrected chi connectivity index (χ3v) is 4.16. The molecule has 94 valence electrons. The van der Waals surface area contributed by atoms with Crippen molar-refractivity contribution in [3.63, 3.8) is 0 Å². The van der Waals surface area contributed by atoms with Gasteiger partial charge in [0.25, 0.3) is 0 Å². The summed E-state index contributed by atoms with van der Waals surface area (Å²) in [4.78, 5) is 4.36. The average Bonchev–Trinajstić information content (AvgIpc) is 3.18. The highest BCUT2D eigenvalue weighted by Gasteiger charge is 2.40. The van der Waals surface area contributed by atoms with Crippen molar-refractivity contribution in [1.29, 1.82) is 0 Å². The average molecular weight is 241 g/mol. The third kappa shape index (κ3) is 1.90. The van der Waals surface area contributed by atoms with E-state index in [9.17, 15) is 0 Å². The number of para-hydroxylation sites is 1. The van der Waals surface area contributed by atoms with Crippen LogP contribution in [0, 0.1) is 5.41 Å². The molecule has 1 aromatic carbocycles. The number of nitrogen functional groups attached to an aromatic ring is 1. The van der Waals surface area contributed by atoms with E-state index in [1.807, 2.05) is 24.4 Å². The summed E-state index contributed by atoms with van der Waals surface area (Å²) in [6.07, 6.45) is 5.78. The molecule has 2 aromatic rings. The molecule has 3 nitrogen and oxygen atoms in total. The topological polar surface area (TPSA) is 50.9 Å². The predicted octanol–water partition coefficient (Wildman–Crippen LogP) is 3.42. The van der Waals surface area contributed by atoms with Crippen molar-refractivity contribution in [3.8, 4) is 0 Å². The summed E-state index contributed by atoms with van der Waals surface area (Å²) in [7, 11) is 0. The molecule has 0 spiro atoms. The van der Waals surface area contributed by atoms with E-state index >= 15 is 0 Å². The first-order chi connectivity index (χ1) is 8.74. The Morgan fingerprint density at radius 3 is 2.89 bits per heavy atom. The lowest BCUT2D eigenvalue weighted by atomic mass is 10.0. The van der Waals surface area contributed by atoms with Crippen molar-refractivity contribution in [3.05, 3.63) is 30.5 Å². The number of nitrogens with one attached hydrogen (secondary N) is 1. The molecule has 1 aliphatic rings. The second kappa shape index (κ2) is 4.16. The SMILES string of the molecule is CCC1(CNc2ccnc3c(N)cccc23)CC1. The van der Waals surface area contributed by atoms with E-state index in [1.54, 1.807) is 0 Å². The quantitative estimate of drug-likeness (QED) is 0.806. The van der Waals surface area contributed by atoms with Gasteiger partial charge in [0.1, 0.15) is 0 Å². The van der Waals surface area contributed by atoms with Crippen molar-refractivity contribution < 1.29 is 0 Å². The number of hydrogen-bond acceptors (Lipinski definition) is 3. The number of hydrogen-bond donors (Lipinski definition) is 2. The number of rotatable bonds is 4. The number of pyridine rings is 1. The summed E-state index contributed by atoms with van der Waals surface area (Å²) >= 11 is 0. The van der Waals surface area contributed by atoms with Gasteiger partial charge in [0, 0.05) is 23.8 Å². The molecule has 0 bridgehead atoms. The van der Waals surface area contributed by atoms with Gasteiger partial charge in [0.2, 0.25) is 0 Å². The summed E-state index contributed by atoms with van der Waals surface area (Å²) in [6.45, 7) is 3.33. The van der Waals surface area contributed by atoms with Crippen LogP contribution in [-0.4, -0.2) is 11.5 Å². The first-order valence-electron chi connectivity index (χ1n) is 6.61. The monoisotopic (exact) mass is 241 g/mol. The first-order valence-corrected chi connectivity index (χ1v) is 6.61. The van der Waals surface area contributed by atoms with Crippen LogP contribution < -0.4 is 11.1 Å². The minimum absolute atomic E-state index is 0.538. The van der Waals surface area contributed by atoms with Gasteiger partial charge in [-0.2, -0.15) is 0 Å². The van der Waals surface area contributed by atoms with Crippen LogP contribution in [0.15, 0.2) is 30.5 Å². The largest absolute Gasteiger partial charge is 0.397 e. The Kier molecular flexibility index (Phi) is 2.62. The zero-order valence-electron chi connectivity index (χ0n) is 10.7. The normalized spacial score (nSPS) is 16.7. The van der Waals surface area contributed by atoms with E-state index in [2.05, 4.69) is 23.3 Å². The molecule has 3 rings (SSSR count). The van der Waals surface area contributed by atoms with Crippen LogP contribution in [0.3, 0.4) is 0 Å².